The average Bonchev–Trinajstić information content (AvgIpc) is 3.12. The second-order valence-corrected chi connectivity index (χ2v) is 5.84. The fourth-order valence-electron chi connectivity index (χ4n) is 3.00. The lowest BCUT2D eigenvalue weighted by Gasteiger charge is -2.06. The van der Waals surface area contributed by atoms with Gasteiger partial charge in [-0.2, -0.15) is 0 Å². The summed E-state index contributed by atoms with van der Waals surface area (Å²) in [5, 5.41) is 2.79. The van der Waals surface area contributed by atoms with Gasteiger partial charge in [-0.1, -0.05) is 12.1 Å². The zero-order valence-corrected chi connectivity index (χ0v) is 13.4. The lowest BCUT2D eigenvalue weighted by atomic mass is 10.1. The molecule has 0 fully saturated rings. The number of methoxy groups -OCH3 is 1. The van der Waals surface area contributed by atoms with E-state index in [0.717, 1.165) is 16.8 Å². The number of hydrogen-bond donors (Lipinski definition) is 1. The predicted molar refractivity (Wildman–Crippen MR) is 89.7 cm³/mol. The smallest absolute Gasteiger partial charge is 0.420 e. The number of carbonyl (C=O) groups is 2. The third kappa shape index (κ3) is 2.59. The molecular weight excluding hydrogens is 324 g/mol. The third-order valence-corrected chi connectivity index (χ3v) is 4.23. The molecule has 2 heterocycles. The van der Waals surface area contributed by atoms with Crippen molar-refractivity contribution in [3.63, 3.8) is 0 Å². The fourth-order valence-corrected chi connectivity index (χ4v) is 3.00. The van der Waals surface area contributed by atoms with Gasteiger partial charge in [0, 0.05) is 5.69 Å². The van der Waals surface area contributed by atoms with Gasteiger partial charge in [-0.3, -0.25) is 9.36 Å². The van der Waals surface area contributed by atoms with E-state index in [1.807, 2.05) is 18.2 Å². The molecule has 1 aliphatic heterocycles. The van der Waals surface area contributed by atoms with Crippen LogP contribution >= 0.6 is 0 Å². The summed E-state index contributed by atoms with van der Waals surface area (Å²) in [6.45, 7) is 0.264. The molecule has 0 aliphatic carbocycles. The molecule has 0 saturated carbocycles. The van der Waals surface area contributed by atoms with E-state index >= 15 is 0 Å². The molecule has 2 aromatic carbocycles. The number of benzene rings is 2. The number of anilines is 1. The molecule has 3 aromatic rings. The summed E-state index contributed by atoms with van der Waals surface area (Å²) in [6, 6.07) is 10.3. The first-order chi connectivity index (χ1) is 12.0. The number of aromatic nitrogens is 1. The highest BCUT2D eigenvalue weighted by Crippen LogP contribution is 2.25. The molecule has 1 aliphatic rings. The Morgan fingerprint density at radius 2 is 2.08 bits per heavy atom. The minimum Gasteiger partial charge on any atom is -0.465 e. The highest BCUT2D eigenvalue weighted by Gasteiger charge is 2.18. The molecule has 7 nitrogen and oxygen atoms in total. The second kappa shape index (κ2) is 5.62. The van der Waals surface area contributed by atoms with Gasteiger partial charge in [0.25, 0.3) is 0 Å². The number of fused-ring (bicyclic) bond motifs is 2. The number of ether oxygens (including phenoxy) is 1. The topological polar surface area (TPSA) is 90.5 Å². The average molecular weight is 338 g/mol. The van der Waals surface area contributed by atoms with E-state index in [1.54, 1.807) is 18.2 Å². The molecule has 126 valence electrons. The van der Waals surface area contributed by atoms with Crippen molar-refractivity contribution in [2.24, 2.45) is 0 Å². The summed E-state index contributed by atoms with van der Waals surface area (Å²) in [5.41, 5.74) is 3.79. The molecule has 0 unspecified atom stereocenters. The Kier molecular flexibility index (Phi) is 3.42. The van der Waals surface area contributed by atoms with Crippen LogP contribution < -0.4 is 11.1 Å². The Hall–Kier alpha value is -3.35. The lowest BCUT2D eigenvalue weighted by molar-refractivity contribution is -0.115. The van der Waals surface area contributed by atoms with Gasteiger partial charge in [-0.15, -0.1) is 0 Å². The molecule has 0 saturated heterocycles. The van der Waals surface area contributed by atoms with Gasteiger partial charge >= 0.3 is 11.7 Å². The zero-order chi connectivity index (χ0) is 17.6. The van der Waals surface area contributed by atoms with Crippen LogP contribution in [0.2, 0.25) is 0 Å². The third-order valence-electron chi connectivity index (χ3n) is 4.23. The first-order valence-electron chi connectivity index (χ1n) is 7.68. The number of nitrogens with zero attached hydrogens (tertiary/aromatic N) is 1. The van der Waals surface area contributed by atoms with Crippen molar-refractivity contribution in [1.29, 1.82) is 0 Å². The van der Waals surface area contributed by atoms with Crippen molar-refractivity contribution >= 4 is 28.7 Å². The van der Waals surface area contributed by atoms with E-state index < -0.39 is 11.7 Å². The number of carbonyl (C=O) groups excluding carboxylic acids is 2. The number of nitrogens with one attached hydrogen (secondary N) is 1. The van der Waals surface area contributed by atoms with Gasteiger partial charge in [0.2, 0.25) is 5.91 Å². The predicted octanol–water partition coefficient (Wildman–Crippen LogP) is 1.92. The number of amides is 1. The molecular formula is C18H14N2O5. The largest absolute Gasteiger partial charge is 0.465 e. The second-order valence-electron chi connectivity index (χ2n) is 5.84. The van der Waals surface area contributed by atoms with Crippen molar-refractivity contribution in [3.8, 4) is 0 Å². The van der Waals surface area contributed by atoms with Crippen LogP contribution in [0, 0.1) is 0 Å². The summed E-state index contributed by atoms with van der Waals surface area (Å²) < 4.78 is 11.4. The quantitative estimate of drug-likeness (QED) is 0.737. The summed E-state index contributed by atoms with van der Waals surface area (Å²) in [4.78, 5) is 35.4. The maximum atomic E-state index is 12.2. The van der Waals surface area contributed by atoms with Crippen molar-refractivity contribution < 1.29 is 18.7 Å². The first-order valence-corrected chi connectivity index (χ1v) is 7.68. The van der Waals surface area contributed by atoms with Crippen LogP contribution in [0.15, 0.2) is 45.6 Å². The van der Waals surface area contributed by atoms with E-state index in [0.29, 0.717) is 23.1 Å². The molecule has 1 N–H and O–H groups in total. The van der Waals surface area contributed by atoms with Gasteiger partial charge in [0.1, 0.15) is 0 Å². The number of rotatable bonds is 3. The van der Waals surface area contributed by atoms with Crippen molar-refractivity contribution in [2.45, 2.75) is 13.0 Å². The molecule has 25 heavy (non-hydrogen) atoms. The maximum Gasteiger partial charge on any atom is 0.420 e. The van der Waals surface area contributed by atoms with E-state index in [1.165, 1.54) is 11.7 Å². The van der Waals surface area contributed by atoms with Gasteiger partial charge < -0.3 is 14.5 Å². The van der Waals surface area contributed by atoms with Gasteiger partial charge in [0.15, 0.2) is 5.58 Å². The molecule has 7 heteroatoms. The molecule has 0 bridgehead atoms. The van der Waals surface area contributed by atoms with Crippen LogP contribution in [0.4, 0.5) is 5.69 Å². The zero-order valence-electron chi connectivity index (χ0n) is 13.4. The Morgan fingerprint density at radius 3 is 2.88 bits per heavy atom. The van der Waals surface area contributed by atoms with Crippen molar-refractivity contribution in [3.05, 3.63) is 63.6 Å². The minimum atomic E-state index is -0.512. The van der Waals surface area contributed by atoms with Gasteiger partial charge in [0.05, 0.1) is 31.2 Å². The highest BCUT2D eigenvalue weighted by atomic mass is 16.5. The van der Waals surface area contributed by atoms with Crippen LogP contribution in [-0.2, 0) is 22.5 Å². The number of hydrogen-bond acceptors (Lipinski definition) is 5. The van der Waals surface area contributed by atoms with E-state index in [-0.39, 0.29) is 12.5 Å². The van der Waals surface area contributed by atoms with E-state index in [4.69, 9.17) is 9.15 Å². The monoisotopic (exact) mass is 338 g/mol. The molecule has 1 amide bonds. The van der Waals surface area contributed by atoms with Crippen LogP contribution in [0.25, 0.3) is 11.1 Å². The summed E-state index contributed by atoms with van der Waals surface area (Å²) in [7, 11) is 1.30. The van der Waals surface area contributed by atoms with Gasteiger partial charge in [-0.25, -0.2) is 9.59 Å². The Labute approximate surface area is 141 Å². The van der Waals surface area contributed by atoms with E-state index in [2.05, 4.69) is 5.32 Å². The van der Waals surface area contributed by atoms with Crippen molar-refractivity contribution in [1.82, 2.24) is 4.57 Å². The molecule has 0 radical (unpaired) electrons. The summed E-state index contributed by atoms with van der Waals surface area (Å²) >= 11 is 0. The lowest BCUT2D eigenvalue weighted by Crippen LogP contribution is -2.15. The standard InChI is InChI=1S/C18H14N2O5/c1-24-17(22)12-4-5-15-14(7-12)20(18(23)25-15)9-10-2-3-11-8-16(21)19-13(11)6-10/h2-7H,8-9H2,1H3,(H,19,21). The number of esters is 1. The Bertz CT molecular complexity index is 1080. The van der Waals surface area contributed by atoms with Crippen LogP contribution in [0.1, 0.15) is 21.5 Å². The molecule has 1 aromatic heterocycles. The van der Waals surface area contributed by atoms with Crippen LogP contribution in [0.3, 0.4) is 0 Å². The summed E-state index contributed by atoms with van der Waals surface area (Å²) in [6.07, 6.45) is 0.368. The molecule has 0 atom stereocenters. The summed E-state index contributed by atoms with van der Waals surface area (Å²) in [5.74, 6) is -1.04. The number of oxazole rings is 1. The highest BCUT2D eigenvalue weighted by molar-refractivity contribution is 5.99. The Morgan fingerprint density at radius 1 is 1.24 bits per heavy atom. The molecule has 4 rings (SSSR count). The van der Waals surface area contributed by atoms with E-state index in [9.17, 15) is 14.4 Å². The van der Waals surface area contributed by atoms with Crippen LogP contribution in [0.5, 0.6) is 0 Å². The maximum absolute atomic E-state index is 12.2. The SMILES string of the molecule is COC(=O)c1ccc2oc(=O)n(Cc3ccc4c(c3)NC(=O)C4)c2c1. The minimum absolute atomic E-state index is 0.0409. The molecule has 0 spiro atoms. The first kappa shape index (κ1) is 15.2. The fraction of sp³-hybridized carbons (Fsp3) is 0.167. The van der Waals surface area contributed by atoms with Gasteiger partial charge in [-0.05, 0) is 35.4 Å². The normalized spacial score (nSPS) is 12.9. The Balaban J connectivity index is 1.75. The van der Waals surface area contributed by atoms with Crippen LogP contribution in [-0.4, -0.2) is 23.6 Å². The van der Waals surface area contributed by atoms with Crippen molar-refractivity contribution in [2.75, 3.05) is 12.4 Å².